The lowest BCUT2D eigenvalue weighted by atomic mass is 10.1. The van der Waals surface area contributed by atoms with Gasteiger partial charge >= 0.3 is 0 Å². The summed E-state index contributed by atoms with van der Waals surface area (Å²) in [7, 11) is -0.222. The lowest BCUT2D eigenvalue weighted by molar-refractivity contribution is 0.0915. The van der Waals surface area contributed by atoms with Gasteiger partial charge in [0.25, 0.3) is 0 Å². The Labute approximate surface area is 161 Å². The molecule has 3 heteroatoms. The molecule has 0 saturated heterocycles. The molecule has 1 nitrogen and oxygen atoms in total. The second-order valence-corrected chi connectivity index (χ2v) is 9.61. The van der Waals surface area contributed by atoms with Crippen LogP contribution < -0.4 is 4.74 Å². The Morgan fingerprint density at radius 3 is 2.07 bits per heavy atom. The van der Waals surface area contributed by atoms with E-state index in [2.05, 4.69) is 55.5 Å². The van der Waals surface area contributed by atoms with Gasteiger partial charge < -0.3 is 4.74 Å². The molecule has 3 aromatic carbocycles. The summed E-state index contributed by atoms with van der Waals surface area (Å²) >= 11 is 0. The number of thiophene rings is 1. The summed E-state index contributed by atoms with van der Waals surface area (Å²) in [6.45, 7) is 2.11. The second-order valence-electron chi connectivity index (χ2n) is 7.65. The molecule has 1 fully saturated rings. The standard InChI is InChI=1S/C24H22FOS/c1-24(14-6-7-15-24)26-21-16-17(12-13-20(21)25)27-22-10-4-2-8-18(22)19-9-3-5-11-23(19)27/h2-5,8-13,16H,6-7,14-15H2,1H3/q+1. The summed E-state index contributed by atoms with van der Waals surface area (Å²) in [5.41, 5.74) is -0.242. The number of benzene rings is 3. The molecule has 0 spiro atoms. The number of hydrogen-bond acceptors (Lipinski definition) is 1. The van der Waals surface area contributed by atoms with E-state index in [4.69, 9.17) is 4.74 Å². The summed E-state index contributed by atoms with van der Waals surface area (Å²) in [5.74, 6) is 0.127. The summed E-state index contributed by atoms with van der Waals surface area (Å²) < 4.78 is 23.4. The number of rotatable bonds is 3. The van der Waals surface area contributed by atoms with Crippen LogP contribution in [0.5, 0.6) is 5.75 Å². The Morgan fingerprint density at radius 1 is 0.852 bits per heavy atom. The van der Waals surface area contributed by atoms with E-state index >= 15 is 0 Å². The monoisotopic (exact) mass is 377 g/mol. The van der Waals surface area contributed by atoms with Crippen LogP contribution in [0.1, 0.15) is 32.6 Å². The van der Waals surface area contributed by atoms with Crippen LogP contribution in [-0.2, 0) is 0 Å². The first kappa shape index (κ1) is 16.8. The van der Waals surface area contributed by atoms with Crippen LogP contribution in [0.3, 0.4) is 0 Å². The molecule has 1 aliphatic rings. The van der Waals surface area contributed by atoms with E-state index in [-0.39, 0.29) is 21.9 Å². The molecule has 27 heavy (non-hydrogen) atoms. The van der Waals surface area contributed by atoms with Gasteiger partial charge in [0.15, 0.2) is 25.9 Å². The first-order chi connectivity index (χ1) is 13.1. The molecule has 0 radical (unpaired) electrons. The fraction of sp³-hybridized carbons (Fsp3) is 0.250. The molecule has 1 aromatic heterocycles. The summed E-state index contributed by atoms with van der Waals surface area (Å²) in [5, 5.41) is 2.57. The van der Waals surface area contributed by atoms with Gasteiger partial charge in [0.1, 0.15) is 5.60 Å². The summed E-state index contributed by atoms with van der Waals surface area (Å²) in [4.78, 5) is 1.12. The highest BCUT2D eigenvalue weighted by molar-refractivity contribution is 7.50. The zero-order chi connectivity index (χ0) is 18.4. The second kappa shape index (κ2) is 6.35. The van der Waals surface area contributed by atoms with Gasteiger partial charge in [-0.3, -0.25) is 0 Å². The van der Waals surface area contributed by atoms with Gasteiger partial charge in [0.2, 0.25) is 0 Å². The minimum atomic E-state index is -0.267. The number of hydrogen-bond donors (Lipinski definition) is 0. The maximum Gasteiger partial charge on any atom is 0.187 e. The first-order valence-corrected chi connectivity index (χ1v) is 10.8. The van der Waals surface area contributed by atoms with Crippen molar-refractivity contribution in [3.8, 4) is 10.6 Å². The normalized spacial score (nSPS) is 16.2. The van der Waals surface area contributed by atoms with Gasteiger partial charge in [-0.2, -0.15) is 0 Å². The van der Waals surface area contributed by atoms with Crippen LogP contribution >= 0.6 is 10.5 Å². The van der Waals surface area contributed by atoms with Crippen molar-refractivity contribution < 1.29 is 9.13 Å². The fourth-order valence-electron chi connectivity index (χ4n) is 4.29. The Morgan fingerprint density at radius 2 is 1.44 bits per heavy atom. The predicted molar refractivity (Wildman–Crippen MR) is 113 cm³/mol. The topological polar surface area (TPSA) is 9.23 Å². The average Bonchev–Trinajstić information content (AvgIpc) is 3.25. The van der Waals surface area contributed by atoms with Crippen molar-refractivity contribution in [1.82, 2.24) is 0 Å². The lowest BCUT2D eigenvalue weighted by Gasteiger charge is -2.25. The van der Waals surface area contributed by atoms with E-state index in [1.54, 1.807) is 6.07 Å². The van der Waals surface area contributed by atoms with Crippen LogP contribution in [0.25, 0.3) is 25.1 Å². The Hall–Kier alpha value is -2.39. The largest absolute Gasteiger partial charge is 0.484 e. The van der Waals surface area contributed by atoms with Crippen LogP contribution in [0.4, 0.5) is 4.39 Å². The van der Waals surface area contributed by atoms with Crippen LogP contribution in [0.2, 0.25) is 0 Å². The zero-order valence-corrected chi connectivity index (χ0v) is 16.2. The maximum atomic E-state index is 14.5. The van der Waals surface area contributed by atoms with Gasteiger partial charge in [-0.1, -0.05) is 24.3 Å². The average molecular weight is 378 g/mol. The molecule has 1 aliphatic carbocycles. The highest BCUT2D eigenvalue weighted by atomic mass is 32.2. The molecule has 1 saturated carbocycles. The molecule has 0 atom stereocenters. The third-order valence-corrected chi connectivity index (χ3v) is 7.98. The molecule has 0 amide bonds. The lowest BCUT2D eigenvalue weighted by Crippen LogP contribution is -2.28. The SMILES string of the molecule is CC1(Oc2cc(-[s+]3c4ccccc4c4ccccc43)ccc2F)CCCC1. The van der Waals surface area contributed by atoms with Crippen LogP contribution in [0, 0.1) is 5.82 Å². The van der Waals surface area contributed by atoms with E-state index in [1.165, 1.54) is 20.2 Å². The number of halogens is 1. The third kappa shape index (κ3) is 2.81. The molecule has 1 heterocycles. The molecular weight excluding hydrogens is 355 g/mol. The Kier molecular flexibility index (Phi) is 3.94. The minimum absolute atomic E-state index is 0.222. The van der Waals surface area contributed by atoms with E-state index in [0.717, 1.165) is 30.6 Å². The molecule has 0 aliphatic heterocycles. The van der Waals surface area contributed by atoms with Crippen molar-refractivity contribution in [2.24, 2.45) is 0 Å². The summed E-state index contributed by atoms with van der Waals surface area (Å²) in [6.07, 6.45) is 4.30. The van der Waals surface area contributed by atoms with Crippen molar-refractivity contribution in [2.45, 2.75) is 38.2 Å². The fourth-order valence-corrected chi connectivity index (χ4v) is 6.68. The Balaban J connectivity index is 1.70. The van der Waals surface area contributed by atoms with E-state index in [0.29, 0.717) is 5.75 Å². The smallest absolute Gasteiger partial charge is 0.187 e. The third-order valence-electron chi connectivity index (χ3n) is 5.66. The van der Waals surface area contributed by atoms with Crippen molar-refractivity contribution in [2.75, 3.05) is 0 Å². The molecular formula is C24H22FOS+. The van der Waals surface area contributed by atoms with Gasteiger partial charge in [0, 0.05) is 33.4 Å². The van der Waals surface area contributed by atoms with E-state index < -0.39 is 0 Å². The van der Waals surface area contributed by atoms with Crippen LogP contribution in [0.15, 0.2) is 66.7 Å². The predicted octanol–water partition coefficient (Wildman–Crippen LogP) is 7.58. The quantitative estimate of drug-likeness (QED) is 0.334. The highest BCUT2D eigenvalue weighted by Gasteiger charge is 2.32. The molecule has 0 unspecified atom stereocenters. The minimum Gasteiger partial charge on any atom is -0.484 e. The molecule has 136 valence electrons. The van der Waals surface area contributed by atoms with Crippen molar-refractivity contribution in [1.29, 1.82) is 0 Å². The van der Waals surface area contributed by atoms with Gasteiger partial charge in [-0.15, -0.1) is 0 Å². The summed E-state index contributed by atoms with van der Waals surface area (Å²) in [6, 6.07) is 22.5. The van der Waals surface area contributed by atoms with Gasteiger partial charge in [-0.05, 0) is 62.9 Å². The number of fused-ring (bicyclic) bond motifs is 3. The maximum absolute atomic E-state index is 14.5. The molecule has 0 N–H and O–H groups in total. The van der Waals surface area contributed by atoms with Crippen LogP contribution in [-0.4, -0.2) is 5.60 Å². The van der Waals surface area contributed by atoms with Gasteiger partial charge in [0.05, 0.1) is 0 Å². The van der Waals surface area contributed by atoms with E-state index in [9.17, 15) is 4.39 Å². The molecule has 5 rings (SSSR count). The van der Waals surface area contributed by atoms with Crippen molar-refractivity contribution in [3.05, 3.63) is 72.5 Å². The van der Waals surface area contributed by atoms with Gasteiger partial charge in [-0.25, -0.2) is 4.39 Å². The first-order valence-electron chi connectivity index (χ1n) is 9.56. The molecule has 4 aromatic rings. The van der Waals surface area contributed by atoms with E-state index in [1.807, 2.05) is 12.1 Å². The zero-order valence-electron chi connectivity index (χ0n) is 15.4. The Bertz CT molecular complexity index is 1080. The number of ether oxygens (including phenoxy) is 1. The van der Waals surface area contributed by atoms with Crippen molar-refractivity contribution >= 4 is 30.6 Å². The molecule has 0 bridgehead atoms. The van der Waals surface area contributed by atoms with Crippen molar-refractivity contribution in [3.63, 3.8) is 0 Å². The highest BCUT2D eigenvalue weighted by Crippen LogP contribution is 2.49.